The van der Waals surface area contributed by atoms with Gasteiger partial charge in [0.25, 0.3) is 5.26 Å². The molecular formula is C13H7BrFN3OS. The Kier molecular flexibility index (Phi) is 2.64. The number of nitrogens with zero attached hydrogens (tertiary/aromatic N) is 3. The Balaban J connectivity index is 1.80. The molecule has 0 spiro atoms. The van der Waals surface area contributed by atoms with Crippen molar-refractivity contribution in [3.8, 4) is 5.75 Å². The maximum absolute atomic E-state index is 13.0. The Morgan fingerprint density at radius 3 is 3.15 bits per heavy atom. The molecule has 20 heavy (non-hydrogen) atoms. The van der Waals surface area contributed by atoms with Crippen LogP contribution in [0.2, 0.25) is 0 Å². The van der Waals surface area contributed by atoms with Crippen LogP contribution in [-0.4, -0.2) is 21.2 Å². The van der Waals surface area contributed by atoms with Crippen molar-refractivity contribution >= 4 is 43.9 Å². The van der Waals surface area contributed by atoms with E-state index in [2.05, 4.69) is 26.0 Å². The normalized spacial score (nSPS) is 14.0. The lowest BCUT2D eigenvalue weighted by molar-refractivity contribution is 0.365. The quantitative estimate of drug-likeness (QED) is 0.672. The summed E-state index contributed by atoms with van der Waals surface area (Å²) in [5.74, 6) is 0.849. The first-order valence-electron chi connectivity index (χ1n) is 5.84. The van der Waals surface area contributed by atoms with Crippen molar-refractivity contribution in [3.63, 3.8) is 0 Å². The molecule has 0 amide bonds. The summed E-state index contributed by atoms with van der Waals surface area (Å²) in [6.07, 6.45) is 3.75. The average Bonchev–Trinajstić information content (AvgIpc) is 2.95. The van der Waals surface area contributed by atoms with Gasteiger partial charge in [0.1, 0.15) is 12.4 Å². The molecule has 0 aliphatic carbocycles. The van der Waals surface area contributed by atoms with Crippen molar-refractivity contribution in [2.75, 3.05) is 6.61 Å². The molecular weight excluding hydrogens is 345 g/mol. The van der Waals surface area contributed by atoms with Gasteiger partial charge in [-0.2, -0.15) is 4.39 Å². The third kappa shape index (κ3) is 1.94. The van der Waals surface area contributed by atoms with Gasteiger partial charge in [-0.3, -0.25) is 0 Å². The van der Waals surface area contributed by atoms with Crippen molar-refractivity contribution in [2.45, 2.75) is 0 Å². The first-order chi connectivity index (χ1) is 9.69. The molecule has 1 aliphatic rings. The summed E-state index contributed by atoms with van der Waals surface area (Å²) in [5, 5.41) is 3.23. The van der Waals surface area contributed by atoms with E-state index in [0.717, 1.165) is 38.4 Å². The number of ether oxygens (including phenoxy) is 1. The van der Waals surface area contributed by atoms with E-state index < -0.39 is 5.26 Å². The van der Waals surface area contributed by atoms with Crippen molar-refractivity contribution in [2.24, 2.45) is 0 Å². The molecule has 2 aromatic heterocycles. The Bertz CT molecular complexity index is 823. The van der Waals surface area contributed by atoms with Crippen LogP contribution in [0.4, 0.5) is 4.39 Å². The van der Waals surface area contributed by atoms with E-state index >= 15 is 0 Å². The zero-order chi connectivity index (χ0) is 13.7. The third-order valence-corrected chi connectivity index (χ3v) is 4.24. The summed E-state index contributed by atoms with van der Waals surface area (Å²) < 4.78 is 21.1. The second-order valence-electron chi connectivity index (χ2n) is 4.35. The highest BCUT2D eigenvalue weighted by Crippen LogP contribution is 2.32. The van der Waals surface area contributed by atoms with Crippen LogP contribution in [0, 0.1) is 5.26 Å². The number of aromatic nitrogens is 3. The van der Waals surface area contributed by atoms with Crippen LogP contribution in [0.25, 0.3) is 16.6 Å². The van der Waals surface area contributed by atoms with Crippen molar-refractivity contribution in [3.05, 3.63) is 45.4 Å². The molecule has 4 rings (SSSR count). The molecule has 7 heteroatoms. The summed E-state index contributed by atoms with van der Waals surface area (Å²) in [4.78, 5) is 4.91. The SMILES string of the molecule is Fc1nn2cc(C3=Cc4cc(Br)ccc4OC3)nc2s1. The van der Waals surface area contributed by atoms with E-state index in [-0.39, 0.29) is 0 Å². The molecule has 3 aromatic rings. The van der Waals surface area contributed by atoms with E-state index in [1.54, 1.807) is 6.20 Å². The molecule has 0 bridgehead atoms. The highest BCUT2D eigenvalue weighted by Gasteiger charge is 2.17. The smallest absolute Gasteiger partial charge is 0.289 e. The Labute approximate surface area is 125 Å². The second-order valence-corrected chi connectivity index (χ2v) is 6.17. The minimum absolute atomic E-state index is 0.446. The fourth-order valence-electron chi connectivity index (χ4n) is 2.13. The summed E-state index contributed by atoms with van der Waals surface area (Å²) in [7, 11) is 0. The van der Waals surface area contributed by atoms with E-state index in [1.807, 2.05) is 24.3 Å². The fraction of sp³-hybridized carbons (Fsp3) is 0.0769. The lowest BCUT2D eigenvalue weighted by atomic mass is 10.1. The van der Waals surface area contributed by atoms with Crippen LogP contribution in [-0.2, 0) is 0 Å². The highest BCUT2D eigenvalue weighted by atomic mass is 79.9. The van der Waals surface area contributed by atoms with E-state index in [1.165, 1.54) is 4.52 Å². The van der Waals surface area contributed by atoms with Gasteiger partial charge in [0, 0.05) is 15.6 Å². The van der Waals surface area contributed by atoms with Gasteiger partial charge in [-0.25, -0.2) is 9.50 Å². The van der Waals surface area contributed by atoms with Crippen LogP contribution >= 0.6 is 27.3 Å². The fourth-order valence-corrected chi connectivity index (χ4v) is 3.12. The Hall–Kier alpha value is -1.73. The first-order valence-corrected chi connectivity index (χ1v) is 7.45. The van der Waals surface area contributed by atoms with Gasteiger partial charge >= 0.3 is 0 Å². The standard InChI is InChI=1S/C13H7BrFN3OS/c14-9-1-2-11-7(4-9)3-8(6-19-11)10-5-18-13(16-10)20-12(15)17-18/h1-5H,6H2. The van der Waals surface area contributed by atoms with Crippen LogP contribution < -0.4 is 4.74 Å². The number of hydrogen-bond donors (Lipinski definition) is 0. The molecule has 0 atom stereocenters. The average molecular weight is 352 g/mol. The van der Waals surface area contributed by atoms with Crippen LogP contribution in [0.3, 0.4) is 0 Å². The molecule has 0 N–H and O–H groups in total. The summed E-state index contributed by atoms with van der Waals surface area (Å²) in [5.41, 5.74) is 2.71. The first kappa shape index (κ1) is 12.0. The summed E-state index contributed by atoms with van der Waals surface area (Å²) in [6, 6.07) is 5.86. The molecule has 0 saturated heterocycles. The van der Waals surface area contributed by atoms with Gasteiger partial charge in [0.05, 0.1) is 11.9 Å². The molecule has 100 valence electrons. The number of rotatable bonds is 1. The van der Waals surface area contributed by atoms with Gasteiger partial charge in [0.15, 0.2) is 0 Å². The molecule has 4 nitrogen and oxygen atoms in total. The molecule has 1 aromatic carbocycles. The topological polar surface area (TPSA) is 39.4 Å². The summed E-state index contributed by atoms with van der Waals surface area (Å²) in [6.45, 7) is 0.446. The summed E-state index contributed by atoms with van der Waals surface area (Å²) >= 11 is 4.37. The number of fused-ring (bicyclic) bond motifs is 2. The predicted octanol–water partition coefficient (Wildman–Crippen LogP) is 3.63. The second kappa shape index (κ2) is 4.39. The number of halogens is 2. The van der Waals surface area contributed by atoms with Crippen LogP contribution in [0.5, 0.6) is 5.75 Å². The van der Waals surface area contributed by atoms with E-state index in [0.29, 0.717) is 11.6 Å². The predicted molar refractivity (Wildman–Crippen MR) is 78.3 cm³/mol. The lowest BCUT2D eigenvalue weighted by Gasteiger charge is -2.16. The van der Waals surface area contributed by atoms with Crippen molar-refractivity contribution in [1.29, 1.82) is 0 Å². The maximum Gasteiger partial charge on any atom is 0.289 e. The van der Waals surface area contributed by atoms with E-state index in [9.17, 15) is 4.39 Å². The minimum atomic E-state index is -0.484. The maximum atomic E-state index is 13.0. The van der Waals surface area contributed by atoms with Crippen molar-refractivity contribution < 1.29 is 9.13 Å². The molecule has 0 radical (unpaired) electrons. The molecule has 0 fully saturated rings. The molecule has 0 saturated carbocycles. The zero-order valence-corrected chi connectivity index (χ0v) is 12.4. The monoisotopic (exact) mass is 351 g/mol. The van der Waals surface area contributed by atoms with Crippen LogP contribution in [0.1, 0.15) is 11.3 Å². The Morgan fingerprint density at radius 1 is 1.40 bits per heavy atom. The number of benzene rings is 1. The third-order valence-electron chi connectivity index (χ3n) is 3.03. The van der Waals surface area contributed by atoms with Crippen LogP contribution in [0.15, 0.2) is 28.9 Å². The Morgan fingerprint density at radius 2 is 2.30 bits per heavy atom. The highest BCUT2D eigenvalue weighted by molar-refractivity contribution is 9.10. The van der Waals surface area contributed by atoms with Crippen molar-refractivity contribution in [1.82, 2.24) is 14.6 Å². The number of imidazole rings is 1. The van der Waals surface area contributed by atoms with Gasteiger partial charge in [-0.15, -0.1) is 5.10 Å². The number of hydrogen-bond acceptors (Lipinski definition) is 4. The zero-order valence-electron chi connectivity index (χ0n) is 10.0. The van der Waals surface area contributed by atoms with Gasteiger partial charge in [-0.05, 0) is 35.6 Å². The molecule has 1 aliphatic heterocycles. The minimum Gasteiger partial charge on any atom is -0.488 e. The lowest BCUT2D eigenvalue weighted by Crippen LogP contribution is -2.06. The molecule has 3 heterocycles. The van der Waals surface area contributed by atoms with Gasteiger partial charge in [-0.1, -0.05) is 15.9 Å². The largest absolute Gasteiger partial charge is 0.488 e. The molecule has 0 unspecified atom stereocenters. The van der Waals surface area contributed by atoms with E-state index in [4.69, 9.17) is 4.74 Å². The van der Waals surface area contributed by atoms with Gasteiger partial charge in [0.2, 0.25) is 4.96 Å². The van der Waals surface area contributed by atoms with Gasteiger partial charge < -0.3 is 4.74 Å².